The van der Waals surface area contributed by atoms with E-state index < -0.39 is 5.97 Å². The average Bonchev–Trinajstić information content (AvgIpc) is 2.47. The molecular formula is C16H12NNaO4. The van der Waals surface area contributed by atoms with Crippen LogP contribution in [-0.2, 0) is 4.79 Å². The molecule has 0 aromatic heterocycles. The molecule has 0 N–H and O–H groups in total. The third kappa shape index (κ3) is 2.79. The van der Waals surface area contributed by atoms with E-state index in [2.05, 4.69) is 0 Å². The van der Waals surface area contributed by atoms with Gasteiger partial charge in [0.1, 0.15) is 0 Å². The minimum Gasteiger partial charge on any atom is -0.550 e. The fourth-order valence-corrected chi connectivity index (χ4v) is 2.67. The Morgan fingerprint density at radius 3 is 2.05 bits per heavy atom. The van der Waals surface area contributed by atoms with Gasteiger partial charge in [0.15, 0.2) is 0 Å². The summed E-state index contributed by atoms with van der Waals surface area (Å²) in [6, 6.07) is 10.6. The first-order valence-corrected chi connectivity index (χ1v) is 6.67. The number of rotatable bonds is 4. The molecule has 22 heavy (non-hydrogen) atoms. The molecule has 0 saturated carbocycles. The van der Waals surface area contributed by atoms with Gasteiger partial charge in [0, 0.05) is 29.0 Å². The summed E-state index contributed by atoms with van der Waals surface area (Å²) >= 11 is 0. The minimum atomic E-state index is -1.19. The molecule has 2 aromatic carbocycles. The van der Waals surface area contributed by atoms with Crippen LogP contribution in [0.2, 0.25) is 0 Å². The van der Waals surface area contributed by atoms with Gasteiger partial charge in [0.25, 0.3) is 11.8 Å². The monoisotopic (exact) mass is 305 g/mol. The number of nitrogens with zero attached hydrogens (tertiary/aromatic N) is 1. The second kappa shape index (κ2) is 6.60. The van der Waals surface area contributed by atoms with Gasteiger partial charge in [0.05, 0.1) is 0 Å². The van der Waals surface area contributed by atoms with Crippen molar-refractivity contribution in [1.29, 1.82) is 0 Å². The first-order chi connectivity index (χ1) is 10.1. The van der Waals surface area contributed by atoms with Crippen LogP contribution >= 0.6 is 0 Å². The van der Waals surface area contributed by atoms with E-state index in [9.17, 15) is 19.5 Å². The number of carbonyl (C=O) groups excluding carboxylic acids is 3. The second-order valence-corrected chi connectivity index (χ2v) is 4.95. The number of benzene rings is 2. The molecule has 5 nitrogen and oxygen atoms in total. The van der Waals surface area contributed by atoms with Gasteiger partial charge >= 0.3 is 29.6 Å². The standard InChI is InChI=1S/C16H13NO4.Na/c18-13(19)8-3-9-17-15(20)11-6-1-4-10-5-2-7-12(14(10)11)16(17)21;/h1-2,4-7H,3,8-9H2,(H,18,19);/q;+1/p-1. The summed E-state index contributed by atoms with van der Waals surface area (Å²) in [6.45, 7) is 0.0797. The molecule has 0 fully saturated rings. The van der Waals surface area contributed by atoms with Crippen LogP contribution in [0.5, 0.6) is 0 Å². The Balaban J connectivity index is 0.00000176. The maximum absolute atomic E-state index is 12.4. The Bertz CT molecular complexity index is 721. The Labute approximate surface area is 149 Å². The second-order valence-electron chi connectivity index (χ2n) is 4.95. The summed E-state index contributed by atoms with van der Waals surface area (Å²) in [5.41, 5.74) is 0.965. The zero-order valence-corrected chi connectivity index (χ0v) is 14.2. The van der Waals surface area contributed by atoms with Gasteiger partial charge in [-0.05, 0) is 30.4 Å². The Morgan fingerprint density at radius 2 is 1.55 bits per heavy atom. The smallest absolute Gasteiger partial charge is 0.550 e. The molecule has 0 bridgehead atoms. The Morgan fingerprint density at radius 1 is 1.00 bits per heavy atom. The van der Waals surface area contributed by atoms with Crippen molar-refractivity contribution in [3.8, 4) is 0 Å². The van der Waals surface area contributed by atoms with Gasteiger partial charge in [-0.2, -0.15) is 0 Å². The van der Waals surface area contributed by atoms with Gasteiger partial charge in [-0.25, -0.2) is 0 Å². The third-order valence-corrected chi connectivity index (χ3v) is 3.62. The molecular weight excluding hydrogens is 293 g/mol. The number of hydrogen-bond acceptors (Lipinski definition) is 4. The van der Waals surface area contributed by atoms with E-state index in [1.807, 2.05) is 12.1 Å². The van der Waals surface area contributed by atoms with Crippen molar-refractivity contribution >= 4 is 28.6 Å². The predicted molar refractivity (Wildman–Crippen MR) is 73.6 cm³/mol. The number of amides is 2. The number of carbonyl (C=O) groups is 3. The largest absolute Gasteiger partial charge is 1.00 e. The summed E-state index contributed by atoms with van der Waals surface area (Å²) < 4.78 is 0. The molecule has 0 unspecified atom stereocenters. The number of imide groups is 1. The van der Waals surface area contributed by atoms with E-state index in [4.69, 9.17) is 0 Å². The average molecular weight is 305 g/mol. The summed E-state index contributed by atoms with van der Waals surface area (Å²) in [5.74, 6) is -1.93. The van der Waals surface area contributed by atoms with Gasteiger partial charge in [0.2, 0.25) is 0 Å². The van der Waals surface area contributed by atoms with Crippen LogP contribution in [0.4, 0.5) is 0 Å². The first kappa shape index (κ1) is 16.7. The molecule has 0 radical (unpaired) electrons. The van der Waals surface area contributed by atoms with E-state index in [1.165, 1.54) is 0 Å². The third-order valence-electron chi connectivity index (χ3n) is 3.62. The summed E-state index contributed by atoms with van der Waals surface area (Å²) in [7, 11) is 0. The van der Waals surface area contributed by atoms with Crippen molar-refractivity contribution in [2.75, 3.05) is 6.54 Å². The molecule has 3 rings (SSSR count). The van der Waals surface area contributed by atoms with Crippen LogP contribution in [0.25, 0.3) is 10.8 Å². The van der Waals surface area contributed by atoms with E-state index in [0.717, 1.165) is 10.3 Å². The molecule has 6 heteroatoms. The summed E-state index contributed by atoms with van der Waals surface area (Å²) in [5, 5.41) is 12.0. The first-order valence-electron chi connectivity index (χ1n) is 6.67. The van der Waals surface area contributed by atoms with Crippen molar-refractivity contribution < 1.29 is 49.0 Å². The van der Waals surface area contributed by atoms with Crippen LogP contribution in [0.1, 0.15) is 33.6 Å². The number of carboxylic acid groups (broad SMARTS) is 1. The van der Waals surface area contributed by atoms with Crippen LogP contribution < -0.4 is 34.7 Å². The molecule has 1 heterocycles. The van der Waals surface area contributed by atoms with Crippen LogP contribution in [0.15, 0.2) is 36.4 Å². The van der Waals surface area contributed by atoms with Crippen molar-refractivity contribution in [2.45, 2.75) is 12.8 Å². The fraction of sp³-hybridized carbons (Fsp3) is 0.188. The van der Waals surface area contributed by atoms with Crippen LogP contribution in [-0.4, -0.2) is 29.2 Å². The summed E-state index contributed by atoms with van der Waals surface area (Å²) in [6.07, 6.45) is 0.0147. The van der Waals surface area contributed by atoms with E-state index >= 15 is 0 Å². The van der Waals surface area contributed by atoms with E-state index in [1.54, 1.807) is 24.3 Å². The molecule has 2 aromatic rings. The van der Waals surface area contributed by atoms with E-state index in [0.29, 0.717) is 16.5 Å². The summed E-state index contributed by atoms with van der Waals surface area (Å²) in [4.78, 5) is 36.4. The predicted octanol–water partition coefficient (Wildman–Crippen LogP) is -2.03. The van der Waals surface area contributed by atoms with Gasteiger partial charge in [-0.3, -0.25) is 14.5 Å². The van der Waals surface area contributed by atoms with Crippen molar-refractivity contribution in [3.63, 3.8) is 0 Å². The molecule has 1 aliphatic rings. The van der Waals surface area contributed by atoms with Crippen LogP contribution in [0.3, 0.4) is 0 Å². The maximum atomic E-state index is 12.4. The maximum Gasteiger partial charge on any atom is 1.00 e. The molecule has 0 atom stereocenters. The topological polar surface area (TPSA) is 77.5 Å². The molecule has 1 aliphatic heterocycles. The van der Waals surface area contributed by atoms with E-state index in [-0.39, 0.29) is 60.8 Å². The Kier molecular flexibility index (Phi) is 5.01. The molecule has 0 aliphatic carbocycles. The zero-order chi connectivity index (χ0) is 15.0. The van der Waals surface area contributed by atoms with Gasteiger partial charge in [-0.1, -0.05) is 24.3 Å². The molecule has 106 valence electrons. The quantitative estimate of drug-likeness (QED) is 0.482. The molecule has 2 amide bonds. The van der Waals surface area contributed by atoms with Gasteiger partial charge in [-0.15, -0.1) is 0 Å². The van der Waals surface area contributed by atoms with Crippen molar-refractivity contribution in [2.24, 2.45) is 0 Å². The molecule has 0 spiro atoms. The number of carboxylic acids is 1. The van der Waals surface area contributed by atoms with Crippen molar-refractivity contribution in [1.82, 2.24) is 4.90 Å². The minimum absolute atomic E-state index is 0. The zero-order valence-electron chi connectivity index (χ0n) is 12.2. The molecule has 0 saturated heterocycles. The number of hydrogen-bond donors (Lipinski definition) is 0. The fourth-order valence-electron chi connectivity index (χ4n) is 2.67. The normalized spacial score (nSPS) is 13.2. The van der Waals surface area contributed by atoms with Gasteiger partial charge < -0.3 is 9.90 Å². The van der Waals surface area contributed by atoms with Crippen molar-refractivity contribution in [3.05, 3.63) is 47.5 Å². The SMILES string of the molecule is O=C([O-])CCCN1C(=O)c2cccc3cccc(c23)C1=O.[Na+]. The van der Waals surface area contributed by atoms with Crippen LogP contribution in [0, 0.1) is 0 Å². The number of aliphatic carboxylic acids is 1. The Hall–Kier alpha value is -1.69.